The van der Waals surface area contributed by atoms with Crippen LogP contribution in [0.25, 0.3) is 0 Å². The van der Waals surface area contributed by atoms with Gasteiger partial charge in [0.2, 0.25) is 0 Å². The third kappa shape index (κ3) is 6.51. The van der Waals surface area contributed by atoms with Crippen LogP contribution in [0.3, 0.4) is 0 Å². The molecule has 0 amide bonds. The van der Waals surface area contributed by atoms with E-state index in [1.54, 1.807) is 0 Å². The molecule has 1 unspecified atom stereocenters. The highest BCUT2D eigenvalue weighted by Gasteiger charge is 2.14. The van der Waals surface area contributed by atoms with Crippen molar-refractivity contribution >= 4 is 0 Å². The summed E-state index contributed by atoms with van der Waals surface area (Å²) >= 11 is 0. The van der Waals surface area contributed by atoms with Crippen molar-refractivity contribution in [3.63, 3.8) is 0 Å². The van der Waals surface area contributed by atoms with Gasteiger partial charge in [0.05, 0.1) is 0 Å². The van der Waals surface area contributed by atoms with E-state index in [9.17, 15) is 0 Å². The SMILES string of the molecule is CCCN(CCN(C)C)CC(NCC)c1ccccc1. The molecule has 0 aliphatic carbocycles. The Bertz CT molecular complexity index is 337. The highest BCUT2D eigenvalue weighted by molar-refractivity contribution is 5.19. The molecule has 0 spiro atoms. The fraction of sp³-hybridized carbons (Fsp3) is 0.647. The molecule has 3 heteroatoms. The van der Waals surface area contributed by atoms with Crippen LogP contribution in [0.5, 0.6) is 0 Å². The molecule has 0 aliphatic rings. The molecular formula is C17H31N3. The van der Waals surface area contributed by atoms with Gasteiger partial charge in [0.25, 0.3) is 0 Å². The van der Waals surface area contributed by atoms with Crippen molar-refractivity contribution in [2.45, 2.75) is 26.3 Å². The lowest BCUT2D eigenvalue weighted by atomic mass is 10.1. The van der Waals surface area contributed by atoms with Crippen molar-refractivity contribution in [1.82, 2.24) is 15.1 Å². The zero-order valence-corrected chi connectivity index (χ0v) is 13.6. The summed E-state index contributed by atoms with van der Waals surface area (Å²) in [7, 11) is 4.28. The van der Waals surface area contributed by atoms with Gasteiger partial charge in [-0.15, -0.1) is 0 Å². The normalized spacial score (nSPS) is 13.1. The fourth-order valence-electron chi connectivity index (χ4n) is 2.43. The highest BCUT2D eigenvalue weighted by Crippen LogP contribution is 2.14. The maximum atomic E-state index is 3.62. The minimum absolute atomic E-state index is 0.426. The molecule has 1 atom stereocenters. The van der Waals surface area contributed by atoms with Gasteiger partial charge in [0.1, 0.15) is 0 Å². The standard InChI is InChI=1S/C17H31N3/c1-5-12-20(14-13-19(3)4)15-17(18-6-2)16-10-8-7-9-11-16/h7-11,17-18H,5-6,12-15H2,1-4H3. The average molecular weight is 277 g/mol. The molecule has 1 aromatic rings. The van der Waals surface area contributed by atoms with Crippen LogP contribution >= 0.6 is 0 Å². The highest BCUT2D eigenvalue weighted by atomic mass is 15.2. The minimum Gasteiger partial charge on any atom is -0.309 e. The predicted molar refractivity (Wildman–Crippen MR) is 88.1 cm³/mol. The summed E-state index contributed by atoms with van der Waals surface area (Å²) in [6.07, 6.45) is 1.21. The molecule has 0 aliphatic heterocycles. The summed E-state index contributed by atoms with van der Waals surface area (Å²) < 4.78 is 0. The Morgan fingerprint density at radius 2 is 1.70 bits per heavy atom. The number of nitrogens with zero attached hydrogens (tertiary/aromatic N) is 2. The topological polar surface area (TPSA) is 18.5 Å². The van der Waals surface area contributed by atoms with E-state index < -0.39 is 0 Å². The number of likely N-dealkylation sites (N-methyl/N-ethyl adjacent to an activating group) is 2. The van der Waals surface area contributed by atoms with E-state index in [2.05, 4.69) is 73.4 Å². The van der Waals surface area contributed by atoms with Crippen LogP contribution in [0.15, 0.2) is 30.3 Å². The van der Waals surface area contributed by atoms with Gasteiger partial charge in [-0.25, -0.2) is 0 Å². The lowest BCUT2D eigenvalue weighted by molar-refractivity contribution is 0.219. The van der Waals surface area contributed by atoms with E-state index in [-0.39, 0.29) is 0 Å². The first-order valence-corrected chi connectivity index (χ1v) is 7.82. The molecule has 0 fully saturated rings. The molecule has 114 valence electrons. The van der Waals surface area contributed by atoms with Crippen molar-refractivity contribution in [3.8, 4) is 0 Å². The van der Waals surface area contributed by atoms with Crippen LogP contribution in [0.1, 0.15) is 31.9 Å². The number of benzene rings is 1. The van der Waals surface area contributed by atoms with E-state index in [0.717, 1.165) is 26.2 Å². The van der Waals surface area contributed by atoms with Gasteiger partial charge in [0.15, 0.2) is 0 Å². The van der Waals surface area contributed by atoms with Crippen molar-refractivity contribution in [2.24, 2.45) is 0 Å². The van der Waals surface area contributed by atoms with Crippen molar-refractivity contribution in [2.75, 3.05) is 46.8 Å². The Labute approximate surface area is 125 Å². The first kappa shape index (κ1) is 17.2. The second-order valence-corrected chi connectivity index (χ2v) is 5.62. The number of nitrogens with one attached hydrogen (secondary N) is 1. The van der Waals surface area contributed by atoms with Crippen LogP contribution in [-0.2, 0) is 0 Å². The second-order valence-electron chi connectivity index (χ2n) is 5.62. The number of hydrogen-bond acceptors (Lipinski definition) is 3. The second kappa shape index (κ2) is 9.92. The van der Waals surface area contributed by atoms with Crippen LogP contribution in [0, 0.1) is 0 Å². The summed E-state index contributed by atoms with van der Waals surface area (Å²) in [5.41, 5.74) is 1.39. The van der Waals surface area contributed by atoms with Gasteiger partial charge in [-0.1, -0.05) is 44.2 Å². The minimum atomic E-state index is 0.426. The van der Waals surface area contributed by atoms with E-state index in [4.69, 9.17) is 0 Å². The fourth-order valence-corrected chi connectivity index (χ4v) is 2.43. The third-order valence-corrected chi connectivity index (χ3v) is 3.50. The van der Waals surface area contributed by atoms with Gasteiger partial charge in [-0.2, -0.15) is 0 Å². The van der Waals surface area contributed by atoms with E-state index in [1.165, 1.54) is 18.5 Å². The maximum absolute atomic E-state index is 3.62. The maximum Gasteiger partial charge on any atom is 0.0449 e. The zero-order valence-electron chi connectivity index (χ0n) is 13.6. The molecule has 0 saturated heterocycles. The molecule has 0 heterocycles. The number of rotatable bonds is 10. The lowest BCUT2D eigenvalue weighted by Gasteiger charge is -2.29. The van der Waals surface area contributed by atoms with Gasteiger partial charge in [0, 0.05) is 25.7 Å². The first-order valence-electron chi connectivity index (χ1n) is 7.82. The monoisotopic (exact) mass is 277 g/mol. The van der Waals surface area contributed by atoms with Crippen molar-refractivity contribution in [1.29, 1.82) is 0 Å². The van der Waals surface area contributed by atoms with E-state index >= 15 is 0 Å². The molecule has 3 nitrogen and oxygen atoms in total. The van der Waals surface area contributed by atoms with E-state index in [0.29, 0.717) is 6.04 Å². The number of hydrogen-bond donors (Lipinski definition) is 1. The smallest absolute Gasteiger partial charge is 0.0449 e. The van der Waals surface area contributed by atoms with Crippen LogP contribution in [0.2, 0.25) is 0 Å². The molecule has 0 bridgehead atoms. The average Bonchev–Trinajstić information content (AvgIpc) is 2.45. The quantitative estimate of drug-likeness (QED) is 0.709. The largest absolute Gasteiger partial charge is 0.309 e. The van der Waals surface area contributed by atoms with Gasteiger partial charge in [-0.3, -0.25) is 0 Å². The molecule has 1 rings (SSSR count). The summed E-state index contributed by atoms with van der Waals surface area (Å²) in [5, 5.41) is 3.62. The molecule has 1 N–H and O–H groups in total. The Morgan fingerprint density at radius 3 is 2.25 bits per heavy atom. The van der Waals surface area contributed by atoms with Gasteiger partial charge < -0.3 is 15.1 Å². The summed E-state index contributed by atoms with van der Waals surface area (Å²) in [6.45, 7) is 9.95. The predicted octanol–water partition coefficient (Wildman–Crippen LogP) is 2.61. The zero-order chi connectivity index (χ0) is 14.8. The summed E-state index contributed by atoms with van der Waals surface area (Å²) in [4.78, 5) is 4.83. The van der Waals surface area contributed by atoms with Gasteiger partial charge in [-0.05, 0) is 39.2 Å². The Kier molecular flexibility index (Phi) is 8.51. The van der Waals surface area contributed by atoms with Crippen molar-refractivity contribution < 1.29 is 0 Å². The molecule has 1 aromatic carbocycles. The Balaban J connectivity index is 2.65. The molecular weight excluding hydrogens is 246 g/mol. The molecule has 20 heavy (non-hydrogen) atoms. The van der Waals surface area contributed by atoms with Crippen LogP contribution in [-0.4, -0.2) is 56.6 Å². The Morgan fingerprint density at radius 1 is 1.00 bits per heavy atom. The van der Waals surface area contributed by atoms with E-state index in [1.807, 2.05) is 0 Å². The van der Waals surface area contributed by atoms with Crippen molar-refractivity contribution in [3.05, 3.63) is 35.9 Å². The molecule has 0 saturated carbocycles. The first-order chi connectivity index (χ1) is 9.67. The summed E-state index contributed by atoms with van der Waals surface area (Å²) in [6, 6.07) is 11.2. The Hall–Kier alpha value is -0.900. The van der Waals surface area contributed by atoms with Crippen LogP contribution < -0.4 is 5.32 Å². The van der Waals surface area contributed by atoms with Crippen LogP contribution in [0.4, 0.5) is 0 Å². The summed E-state index contributed by atoms with van der Waals surface area (Å²) in [5.74, 6) is 0. The lowest BCUT2D eigenvalue weighted by Crippen LogP contribution is -2.39. The molecule has 0 aromatic heterocycles. The van der Waals surface area contributed by atoms with Gasteiger partial charge >= 0.3 is 0 Å². The third-order valence-electron chi connectivity index (χ3n) is 3.50. The molecule has 0 radical (unpaired) electrons.